The van der Waals surface area contributed by atoms with Gasteiger partial charge in [-0.25, -0.2) is 14.6 Å². The molecule has 0 radical (unpaired) electrons. The van der Waals surface area contributed by atoms with Crippen LogP contribution in [0.1, 0.15) is 21.6 Å². The Balaban J connectivity index is 1.78. The Hall–Kier alpha value is -3.33. The number of aromatic carboxylic acids is 1. The van der Waals surface area contributed by atoms with Gasteiger partial charge in [-0.05, 0) is 17.7 Å². The number of pyridine rings is 1. The summed E-state index contributed by atoms with van der Waals surface area (Å²) in [6.45, 7) is 0.283. The maximum Gasteiger partial charge on any atom is 0.408 e. The molecule has 1 heterocycles. The van der Waals surface area contributed by atoms with Gasteiger partial charge in [0.2, 0.25) is 0 Å². The number of alkyl carbamates (subject to hydrolysis) is 1. The number of hydrogen-bond donors (Lipinski definition) is 2. The van der Waals surface area contributed by atoms with Crippen molar-refractivity contribution in [2.45, 2.75) is 6.61 Å². The van der Waals surface area contributed by atoms with Crippen LogP contribution in [0.2, 0.25) is 0 Å². The Morgan fingerprint density at radius 3 is 2.74 bits per heavy atom. The number of amides is 1. The second-order valence-electron chi connectivity index (χ2n) is 4.45. The minimum absolute atomic E-state index is 0.0768. The van der Waals surface area contributed by atoms with Gasteiger partial charge in [0.05, 0.1) is 6.54 Å². The van der Waals surface area contributed by atoms with Gasteiger partial charge in [0.25, 0.3) is 0 Å². The molecule has 0 aliphatic heterocycles. The van der Waals surface area contributed by atoms with Crippen molar-refractivity contribution in [2.24, 2.45) is 0 Å². The topological polar surface area (TPSA) is 88.5 Å². The van der Waals surface area contributed by atoms with Gasteiger partial charge in [0, 0.05) is 11.8 Å². The van der Waals surface area contributed by atoms with Crippen LogP contribution in [0.4, 0.5) is 4.79 Å². The fourth-order valence-electron chi connectivity index (χ4n) is 1.66. The summed E-state index contributed by atoms with van der Waals surface area (Å²) in [5.41, 5.74) is 1.33. The number of ether oxygens (including phenoxy) is 1. The van der Waals surface area contributed by atoms with Gasteiger partial charge in [0.1, 0.15) is 12.3 Å². The number of rotatable bonds is 4. The summed E-state index contributed by atoms with van der Waals surface area (Å²) in [7, 11) is 0. The van der Waals surface area contributed by atoms with E-state index in [2.05, 4.69) is 22.1 Å². The first-order chi connectivity index (χ1) is 11.1. The summed E-state index contributed by atoms with van der Waals surface area (Å²) in [6, 6.07) is 12.3. The molecule has 0 aliphatic rings. The number of carbonyl (C=O) groups excluding carboxylic acids is 1. The molecule has 23 heavy (non-hydrogen) atoms. The molecule has 1 amide bonds. The molecule has 1 aromatic carbocycles. The maximum absolute atomic E-state index is 11.5. The highest BCUT2D eigenvalue weighted by Gasteiger charge is 2.03. The Morgan fingerprint density at radius 2 is 2.00 bits per heavy atom. The summed E-state index contributed by atoms with van der Waals surface area (Å²) < 4.78 is 5.03. The number of carboxylic acids is 1. The van der Waals surface area contributed by atoms with Crippen LogP contribution < -0.4 is 5.32 Å². The van der Waals surface area contributed by atoms with Crippen LogP contribution in [0.5, 0.6) is 0 Å². The lowest BCUT2D eigenvalue weighted by Crippen LogP contribution is -2.24. The fourth-order valence-corrected chi connectivity index (χ4v) is 1.66. The third-order valence-corrected chi connectivity index (χ3v) is 2.75. The highest BCUT2D eigenvalue weighted by Crippen LogP contribution is 2.01. The SMILES string of the molecule is O=C(NCC#Cc1ccnc(C(=O)O)c1)OCc1ccccc1. The van der Waals surface area contributed by atoms with Crippen molar-refractivity contribution in [1.29, 1.82) is 0 Å². The van der Waals surface area contributed by atoms with E-state index in [1.54, 1.807) is 6.07 Å². The summed E-state index contributed by atoms with van der Waals surface area (Å²) in [6.07, 6.45) is 0.804. The second-order valence-corrected chi connectivity index (χ2v) is 4.45. The quantitative estimate of drug-likeness (QED) is 0.844. The molecule has 2 rings (SSSR count). The monoisotopic (exact) mass is 310 g/mol. The predicted octanol–water partition coefficient (Wildman–Crippen LogP) is 2.06. The third-order valence-electron chi connectivity index (χ3n) is 2.75. The average Bonchev–Trinajstić information content (AvgIpc) is 2.58. The van der Waals surface area contributed by atoms with Crippen LogP contribution in [0.3, 0.4) is 0 Å². The lowest BCUT2D eigenvalue weighted by atomic mass is 10.2. The minimum Gasteiger partial charge on any atom is -0.477 e. The van der Waals surface area contributed by atoms with Crippen molar-refractivity contribution in [2.75, 3.05) is 6.54 Å². The zero-order valence-electron chi connectivity index (χ0n) is 12.2. The van der Waals surface area contributed by atoms with Gasteiger partial charge in [0.15, 0.2) is 0 Å². The molecule has 0 bridgehead atoms. The largest absolute Gasteiger partial charge is 0.477 e. The van der Waals surface area contributed by atoms with E-state index in [-0.39, 0.29) is 18.8 Å². The first-order valence-corrected chi connectivity index (χ1v) is 6.78. The van der Waals surface area contributed by atoms with Gasteiger partial charge >= 0.3 is 12.1 Å². The van der Waals surface area contributed by atoms with Crippen LogP contribution in [0.25, 0.3) is 0 Å². The molecular weight excluding hydrogens is 296 g/mol. The van der Waals surface area contributed by atoms with E-state index >= 15 is 0 Å². The van der Waals surface area contributed by atoms with E-state index in [0.29, 0.717) is 5.56 Å². The molecule has 0 fully saturated rings. The van der Waals surface area contributed by atoms with Crippen LogP contribution in [-0.4, -0.2) is 28.7 Å². The van der Waals surface area contributed by atoms with Gasteiger partial charge in [-0.3, -0.25) is 0 Å². The Kier molecular flexibility index (Phi) is 5.72. The maximum atomic E-state index is 11.5. The van der Waals surface area contributed by atoms with Gasteiger partial charge in [-0.1, -0.05) is 42.2 Å². The van der Waals surface area contributed by atoms with Crippen LogP contribution >= 0.6 is 0 Å². The molecule has 0 saturated carbocycles. The smallest absolute Gasteiger partial charge is 0.408 e. The number of benzene rings is 1. The van der Waals surface area contributed by atoms with E-state index in [0.717, 1.165) is 5.56 Å². The molecule has 2 N–H and O–H groups in total. The summed E-state index contributed by atoms with van der Waals surface area (Å²) in [5, 5.41) is 11.3. The van der Waals surface area contributed by atoms with Gasteiger partial charge in [-0.2, -0.15) is 0 Å². The normalized spacial score (nSPS) is 9.39. The van der Waals surface area contributed by atoms with Crippen LogP contribution in [-0.2, 0) is 11.3 Å². The molecular formula is C17H14N2O4. The summed E-state index contributed by atoms with van der Waals surface area (Å²) in [4.78, 5) is 26.0. The Bertz CT molecular complexity index is 748. The van der Waals surface area contributed by atoms with E-state index in [4.69, 9.17) is 9.84 Å². The average molecular weight is 310 g/mol. The minimum atomic E-state index is -1.11. The second kappa shape index (κ2) is 8.20. The number of hydrogen-bond acceptors (Lipinski definition) is 4. The van der Waals surface area contributed by atoms with Crippen LogP contribution in [0, 0.1) is 11.8 Å². The van der Waals surface area contributed by atoms with Crippen molar-refractivity contribution < 1.29 is 19.4 Å². The summed E-state index contributed by atoms with van der Waals surface area (Å²) in [5.74, 6) is 4.35. The van der Waals surface area contributed by atoms with E-state index < -0.39 is 12.1 Å². The Labute approximate surface area is 133 Å². The van der Waals surface area contributed by atoms with Gasteiger partial charge in [-0.15, -0.1) is 0 Å². The van der Waals surface area contributed by atoms with E-state index in [1.807, 2.05) is 30.3 Å². The first kappa shape index (κ1) is 16.0. The van der Waals surface area contributed by atoms with E-state index in [1.165, 1.54) is 12.3 Å². The highest BCUT2D eigenvalue weighted by atomic mass is 16.5. The van der Waals surface area contributed by atoms with E-state index in [9.17, 15) is 9.59 Å². The highest BCUT2D eigenvalue weighted by molar-refractivity contribution is 5.85. The third kappa shape index (κ3) is 5.52. The summed E-state index contributed by atoms with van der Waals surface area (Å²) >= 11 is 0. The number of nitrogens with one attached hydrogen (secondary N) is 1. The number of aromatic nitrogens is 1. The van der Waals surface area contributed by atoms with Crippen molar-refractivity contribution in [3.05, 3.63) is 65.5 Å². The van der Waals surface area contributed by atoms with Crippen molar-refractivity contribution in [1.82, 2.24) is 10.3 Å². The van der Waals surface area contributed by atoms with Gasteiger partial charge < -0.3 is 15.2 Å². The lowest BCUT2D eigenvalue weighted by molar-refractivity contribution is 0.0690. The van der Waals surface area contributed by atoms with Crippen LogP contribution in [0.15, 0.2) is 48.7 Å². The van der Waals surface area contributed by atoms with Crippen molar-refractivity contribution in [3.63, 3.8) is 0 Å². The fraction of sp³-hybridized carbons (Fsp3) is 0.118. The molecule has 0 unspecified atom stereocenters. The molecule has 0 aliphatic carbocycles. The Morgan fingerprint density at radius 1 is 1.22 bits per heavy atom. The molecule has 116 valence electrons. The molecule has 6 heteroatoms. The number of nitrogens with zero attached hydrogens (tertiary/aromatic N) is 1. The standard InChI is InChI=1S/C17H14N2O4/c20-16(21)15-11-13(8-10-18-15)7-4-9-19-17(22)23-12-14-5-2-1-3-6-14/h1-3,5-6,8,10-11H,9,12H2,(H,19,22)(H,20,21). The first-order valence-electron chi connectivity index (χ1n) is 6.78. The molecule has 6 nitrogen and oxygen atoms in total. The van der Waals surface area contributed by atoms with Crippen molar-refractivity contribution in [3.8, 4) is 11.8 Å². The molecule has 2 aromatic rings. The zero-order valence-corrected chi connectivity index (χ0v) is 12.2. The molecule has 0 atom stereocenters. The lowest BCUT2D eigenvalue weighted by Gasteiger charge is -2.04. The zero-order chi connectivity index (χ0) is 16.5. The van der Waals surface area contributed by atoms with Crippen molar-refractivity contribution >= 4 is 12.1 Å². The number of carboxylic acid groups (broad SMARTS) is 1. The number of carbonyl (C=O) groups is 2. The molecule has 0 saturated heterocycles. The molecule has 1 aromatic heterocycles. The molecule has 0 spiro atoms. The predicted molar refractivity (Wildman–Crippen MR) is 82.7 cm³/mol.